The number of unbranched alkanes of at least 4 members (excludes halogenated alkanes) is 2. The van der Waals surface area contributed by atoms with Crippen molar-refractivity contribution >= 4 is 0 Å². The molecule has 0 aromatic carbocycles. The fourth-order valence-electron chi connectivity index (χ4n) is 1.30. The van der Waals surface area contributed by atoms with Crippen molar-refractivity contribution in [2.24, 2.45) is 0 Å². The Morgan fingerprint density at radius 1 is 1.23 bits per heavy atom. The molecule has 0 N–H and O–H groups in total. The first-order valence-corrected chi connectivity index (χ1v) is 5.34. The van der Waals surface area contributed by atoms with Crippen LogP contribution in [0.2, 0.25) is 0 Å². The number of hydrogen-bond acceptors (Lipinski definition) is 0. The van der Waals surface area contributed by atoms with Gasteiger partial charge in [0.15, 0.2) is 0 Å². The van der Waals surface area contributed by atoms with Gasteiger partial charge in [-0.15, -0.1) is 0 Å². The van der Waals surface area contributed by atoms with E-state index in [0.717, 1.165) is 13.1 Å². The Morgan fingerprint density at radius 3 is 2.69 bits per heavy atom. The van der Waals surface area contributed by atoms with Crippen LogP contribution in [0.25, 0.3) is 0 Å². The zero-order valence-electron chi connectivity index (χ0n) is 8.79. The average molecular weight is 180 g/mol. The lowest BCUT2D eigenvalue weighted by molar-refractivity contribution is -0.700. The van der Waals surface area contributed by atoms with E-state index < -0.39 is 0 Å². The van der Waals surface area contributed by atoms with Crippen molar-refractivity contribution in [3.63, 3.8) is 0 Å². The van der Waals surface area contributed by atoms with Gasteiger partial charge in [-0.05, 0) is 25.2 Å². The minimum atomic E-state index is 1.11. The van der Waals surface area contributed by atoms with Gasteiger partial charge in [0.25, 0.3) is 0 Å². The number of hydrogen-bond donors (Lipinski definition) is 0. The Hall–Kier alpha value is -0.790. The number of aromatic nitrogens is 2. The first-order valence-electron chi connectivity index (χ1n) is 5.34. The van der Waals surface area contributed by atoms with Crippen LogP contribution >= 0.6 is 0 Å². The van der Waals surface area contributed by atoms with E-state index in [1.807, 2.05) is 0 Å². The van der Waals surface area contributed by atoms with Crippen LogP contribution in [0.1, 0.15) is 39.5 Å². The summed E-state index contributed by atoms with van der Waals surface area (Å²) >= 11 is 0. The Morgan fingerprint density at radius 2 is 2.00 bits per heavy atom. The van der Waals surface area contributed by atoms with E-state index in [2.05, 4.69) is 41.7 Å². The molecular formula is C11H20N2. The molecule has 2 heteroatoms. The number of nitrogens with zero attached hydrogens (tertiary/aromatic N) is 2. The van der Waals surface area contributed by atoms with Gasteiger partial charge in [-0.25, -0.2) is 0 Å². The van der Waals surface area contributed by atoms with Gasteiger partial charge < -0.3 is 9.13 Å². The molecule has 0 aliphatic rings. The van der Waals surface area contributed by atoms with E-state index >= 15 is 0 Å². The van der Waals surface area contributed by atoms with E-state index in [0.29, 0.717) is 0 Å². The van der Waals surface area contributed by atoms with E-state index in [1.165, 1.54) is 25.7 Å². The summed E-state index contributed by atoms with van der Waals surface area (Å²) in [6.07, 6.45) is 12.5. The number of rotatable bonds is 6. The van der Waals surface area contributed by atoms with Crippen molar-refractivity contribution in [3.05, 3.63) is 18.7 Å². The number of imidazole rings is 1. The van der Waals surface area contributed by atoms with Crippen LogP contribution in [0.15, 0.2) is 12.4 Å². The molecule has 0 aliphatic carbocycles. The summed E-state index contributed by atoms with van der Waals surface area (Å²) in [6.45, 7) is 6.65. The molecule has 0 aliphatic heterocycles. The molecule has 0 bridgehead atoms. The van der Waals surface area contributed by atoms with Crippen LogP contribution in [-0.2, 0) is 13.1 Å². The van der Waals surface area contributed by atoms with Crippen LogP contribution < -0.4 is 4.57 Å². The largest absolute Gasteiger partial charge is 0.351 e. The maximum absolute atomic E-state index is 3.32. The first kappa shape index (κ1) is 10.3. The van der Waals surface area contributed by atoms with Crippen molar-refractivity contribution in [2.75, 3.05) is 0 Å². The van der Waals surface area contributed by atoms with Gasteiger partial charge in [0, 0.05) is 0 Å². The van der Waals surface area contributed by atoms with Gasteiger partial charge in [0.2, 0.25) is 6.33 Å². The molecule has 0 fully saturated rings. The zero-order chi connectivity index (χ0) is 9.52. The Labute approximate surface area is 81.2 Å². The molecule has 0 unspecified atom stereocenters. The molecule has 74 valence electrons. The maximum Gasteiger partial charge on any atom is 0.203 e. The van der Waals surface area contributed by atoms with Gasteiger partial charge in [0.1, 0.15) is 0 Å². The standard InChI is InChI=1S/C11H20N2/c1-3-5-7-12-9-10-13(11-12)8-6-4-2/h9-10H,3-8H2,1-2H3. The predicted octanol–water partition coefficient (Wildman–Crippen LogP) is 2.18. The topological polar surface area (TPSA) is 8.81 Å². The van der Waals surface area contributed by atoms with E-state index in [1.54, 1.807) is 0 Å². The monoisotopic (exact) mass is 180 g/mol. The van der Waals surface area contributed by atoms with Crippen molar-refractivity contribution in [3.8, 4) is 0 Å². The summed E-state index contributed by atoms with van der Waals surface area (Å²) in [5.41, 5.74) is 0. The van der Waals surface area contributed by atoms with E-state index in [4.69, 9.17) is 0 Å². The van der Waals surface area contributed by atoms with Crippen LogP contribution in [-0.4, -0.2) is 4.57 Å². The van der Waals surface area contributed by atoms with Gasteiger partial charge in [0.05, 0.1) is 13.1 Å². The lowest BCUT2D eigenvalue weighted by Crippen LogP contribution is -2.31. The average Bonchev–Trinajstić information content (AvgIpc) is 2.59. The Kier molecular flexibility index (Phi) is 4.58. The molecule has 2 nitrogen and oxygen atoms in total. The van der Waals surface area contributed by atoms with Gasteiger partial charge >= 0.3 is 0 Å². The fourth-order valence-corrected chi connectivity index (χ4v) is 1.30. The second-order valence-electron chi connectivity index (χ2n) is 3.49. The zero-order valence-corrected chi connectivity index (χ0v) is 8.79. The molecule has 0 saturated heterocycles. The maximum atomic E-state index is 3.32. The van der Waals surface area contributed by atoms with E-state index in [-0.39, 0.29) is 0 Å². The highest BCUT2D eigenvalue weighted by atomic mass is 15.1. The highest BCUT2D eigenvalue weighted by molar-refractivity contribution is 4.64. The smallest absolute Gasteiger partial charge is 0.203 e. The third kappa shape index (κ3) is 3.62. The summed E-state index contributed by atoms with van der Waals surface area (Å²) < 4.78 is 4.30. The van der Waals surface area contributed by atoms with Crippen molar-refractivity contribution < 1.29 is 4.57 Å². The second-order valence-corrected chi connectivity index (χ2v) is 3.49. The van der Waals surface area contributed by atoms with Crippen molar-refractivity contribution in [2.45, 2.75) is 52.6 Å². The minimum Gasteiger partial charge on any atom is -0.351 e. The van der Waals surface area contributed by atoms with Crippen LogP contribution in [0.4, 0.5) is 0 Å². The molecule has 0 saturated carbocycles. The minimum absolute atomic E-state index is 1.11. The fraction of sp³-hybridized carbons (Fsp3) is 0.727. The molecule has 1 aromatic rings. The van der Waals surface area contributed by atoms with Crippen LogP contribution in [0.5, 0.6) is 0 Å². The summed E-state index contributed by atoms with van der Waals surface area (Å²) in [5.74, 6) is 0. The van der Waals surface area contributed by atoms with Gasteiger partial charge in [-0.3, -0.25) is 0 Å². The molecule has 13 heavy (non-hydrogen) atoms. The summed E-state index contributed by atoms with van der Waals surface area (Å²) in [5, 5.41) is 0. The van der Waals surface area contributed by atoms with Crippen molar-refractivity contribution in [1.29, 1.82) is 0 Å². The summed E-state index contributed by atoms with van der Waals surface area (Å²) in [6, 6.07) is 0. The lowest BCUT2D eigenvalue weighted by atomic mass is 10.3. The van der Waals surface area contributed by atoms with Crippen molar-refractivity contribution in [1.82, 2.24) is 4.57 Å². The molecular weight excluding hydrogens is 160 g/mol. The SMILES string of the molecule is CCCCn1[c-][n+](CCCC)cc1. The first-order chi connectivity index (χ1) is 6.36. The molecule has 0 amide bonds. The molecule has 1 aromatic heterocycles. The quantitative estimate of drug-likeness (QED) is 0.468. The third-order valence-electron chi connectivity index (χ3n) is 2.19. The van der Waals surface area contributed by atoms with Gasteiger partial charge in [-0.2, -0.15) is 0 Å². The van der Waals surface area contributed by atoms with Crippen LogP contribution in [0.3, 0.4) is 0 Å². The highest BCUT2D eigenvalue weighted by Gasteiger charge is 1.94. The molecule has 0 radical (unpaired) electrons. The molecule has 0 spiro atoms. The molecule has 1 heterocycles. The summed E-state index contributed by atoms with van der Waals surface area (Å²) in [7, 11) is 0. The summed E-state index contributed by atoms with van der Waals surface area (Å²) in [4.78, 5) is 0. The van der Waals surface area contributed by atoms with Gasteiger partial charge in [-0.1, -0.05) is 26.7 Å². The second kappa shape index (κ2) is 5.79. The number of aryl methyl sites for hydroxylation is 2. The Balaban J connectivity index is 2.34. The van der Waals surface area contributed by atoms with Crippen LogP contribution in [0, 0.1) is 6.33 Å². The molecule has 0 atom stereocenters. The highest BCUT2D eigenvalue weighted by Crippen LogP contribution is 1.93. The Bertz CT molecular complexity index is 205. The third-order valence-corrected chi connectivity index (χ3v) is 2.19. The normalized spacial score (nSPS) is 10.6. The lowest BCUT2D eigenvalue weighted by Gasteiger charge is -1.99. The molecule has 1 rings (SSSR count). The van der Waals surface area contributed by atoms with E-state index in [9.17, 15) is 0 Å². The predicted molar refractivity (Wildman–Crippen MR) is 53.3 cm³/mol.